The zero-order valence-electron chi connectivity index (χ0n) is 11.0. The molecule has 0 spiro atoms. The summed E-state index contributed by atoms with van der Waals surface area (Å²) < 4.78 is 10.7. The lowest BCUT2D eigenvalue weighted by Gasteiger charge is -2.25. The van der Waals surface area contributed by atoms with Crippen LogP contribution in [0.4, 0.5) is 0 Å². The predicted molar refractivity (Wildman–Crippen MR) is 74.0 cm³/mol. The summed E-state index contributed by atoms with van der Waals surface area (Å²) in [5.74, 6) is 0.785. The zero-order chi connectivity index (χ0) is 13.3. The standard InChI is InChI=1S/C15H21NO3/c17-9-5-4-8-16-15(13-6-2-1-3-7-13)14-12-18-10-11-19-14/h1-2,6,10-12,15-17H,3-5,7-9H2. The van der Waals surface area contributed by atoms with Crippen molar-refractivity contribution >= 4 is 0 Å². The van der Waals surface area contributed by atoms with Crippen molar-refractivity contribution in [1.29, 1.82) is 0 Å². The molecule has 0 aromatic heterocycles. The molecule has 1 heterocycles. The first kappa shape index (κ1) is 13.9. The van der Waals surface area contributed by atoms with Gasteiger partial charge >= 0.3 is 0 Å². The molecular formula is C15H21NO3. The van der Waals surface area contributed by atoms with E-state index in [1.807, 2.05) is 0 Å². The number of ether oxygens (including phenoxy) is 2. The maximum absolute atomic E-state index is 8.82. The van der Waals surface area contributed by atoms with Crippen LogP contribution < -0.4 is 5.32 Å². The minimum absolute atomic E-state index is 0.0496. The second kappa shape index (κ2) is 7.81. The second-order valence-electron chi connectivity index (χ2n) is 4.57. The van der Waals surface area contributed by atoms with Crippen LogP contribution in [0.1, 0.15) is 25.7 Å². The highest BCUT2D eigenvalue weighted by atomic mass is 16.5. The molecule has 0 saturated heterocycles. The van der Waals surface area contributed by atoms with Crippen LogP contribution in [0.3, 0.4) is 0 Å². The summed E-state index contributed by atoms with van der Waals surface area (Å²) in [6.45, 7) is 1.08. The van der Waals surface area contributed by atoms with Crippen molar-refractivity contribution in [3.05, 3.63) is 48.3 Å². The maximum Gasteiger partial charge on any atom is 0.159 e. The van der Waals surface area contributed by atoms with Crippen molar-refractivity contribution in [2.75, 3.05) is 13.2 Å². The van der Waals surface area contributed by atoms with E-state index in [1.165, 1.54) is 11.8 Å². The molecular weight excluding hydrogens is 242 g/mol. The SMILES string of the molecule is OCCCCNC(C1=CC=CCC1)C1=COC=CO1. The van der Waals surface area contributed by atoms with Gasteiger partial charge in [0.15, 0.2) is 5.76 Å². The molecule has 19 heavy (non-hydrogen) atoms. The molecule has 4 heteroatoms. The molecule has 1 aliphatic carbocycles. The molecule has 0 amide bonds. The summed E-state index contributed by atoms with van der Waals surface area (Å²) in [5, 5.41) is 12.3. The van der Waals surface area contributed by atoms with E-state index in [0.717, 1.165) is 38.0 Å². The fourth-order valence-electron chi connectivity index (χ4n) is 2.17. The Morgan fingerprint density at radius 3 is 2.95 bits per heavy atom. The summed E-state index contributed by atoms with van der Waals surface area (Å²) >= 11 is 0. The van der Waals surface area contributed by atoms with Gasteiger partial charge in [0.1, 0.15) is 18.8 Å². The lowest BCUT2D eigenvalue weighted by atomic mass is 9.96. The molecule has 4 nitrogen and oxygen atoms in total. The molecule has 1 unspecified atom stereocenters. The van der Waals surface area contributed by atoms with E-state index in [1.54, 1.807) is 12.5 Å². The maximum atomic E-state index is 8.82. The van der Waals surface area contributed by atoms with E-state index in [0.29, 0.717) is 0 Å². The van der Waals surface area contributed by atoms with Gasteiger partial charge < -0.3 is 19.9 Å². The monoisotopic (exact) mass is 263 g/mol. The predicted octanol–water partition coefficient (Wildman–Crippen LogP) is 2.35. The molecule has 0 aromatic carbocycles. The summed E-state index contributed by atoms with van der Waals surface area (Å²) in [6.07, 6.45) is 14.9. The van der Waals surface area contributed by atoms with Crippen molar-refractivity contribution in [1.82, 2.24) is 5.32 Å². The van der Waals surface area contributed by atoms with Crippen LogP contribution >= 0.6 is 0 Å². The van der Waals surface area contributed by atoms with Gasteiger partial charge in [0.05, 0.1) is 6.04 Å². The Labute approximate surface area is 114 Å². The van der Waals surface area contributed by atoms with E-state index < -0.39 is 0 Å². The highest BCUT2D eigenvalue weighted by Crippen LogP contribution is 2.23. The fourth-order valence-corrected chi connectivity index (χ4v) is 2.17. The van der Waals surface area contributed by atoms with Crippen LogP contribution in [-0.4, -0.2) is 24.3 Å². The van der Waals surface area contributed by atoms with E-state index in [-0.39, 0.29) is 12.6 Å². The number of aliphatic hydroxyl groups excluding tert-OH is 1. The quantitative estimate of drug-likeness (QED) is 0.692. The number of nitrogens with one attached hydrogen (secondary N) is 1. The minimum Gasteiger partial charge on any atom is -0.466 e. The first-order valence-electron chi connectivity index (χ1n) is 6.79. The highest BCUT2D eigenvalue weighted by Gasteiger charge is 2.21. The van der Waals surface area contributed by atoms with Gasteiger partial charge in [-0.3, -0.25) is 0 Å². The van der Waals surface area contributed by atoms with Crippen molar-refractivity contribution in [2.24, 2.45) is 0 Å². The Bertz CT molecular complexity index is 396. The van der Waals surface area contributed by atoms with Crippen LogP contribution in [0.2, 0.25) is 0 Å². The van der Waals surface area contributed by atoms with Crippen molar-refractivity contribution < 1.29 is 14.6 Å². The topological polar surface area (TPSA) is 50.7 Å². The molecule has 2 aliphatic rings. The molecule has 2 rings (SSSR count). The van der Waals surface area contributed by atoms with E-state index >= 15 is 0 Å². The second-order valence-corrected chi connectivity index (χ2v) is 4.57. The Hall–Kier alpha value is -1.52. The van der Waals surface area contributed by atoms with Crippen LogP contribution in [0, 0.1) is 0 Å². The summed E-state index contributed by atoms with van der Waals surface area (Å²) in [7, 11) is 0. The lowest BCUT2D eigenvalue weighted by molar-refractivity contribution is 0.231. The molecule has 0 bridgehead atoms. The van der Waals surface area contributed by atoms with Crippen LogP contribution in [0.5, 0.6) is 0 Å². The number of unbranched alkanes of at least 4 members (excludes halogenated alkanes) is 1. The van der Waals surface area contributed by atoms with Crippen LogP contribution in [0.25, 0.3) is 0 Å². The lowest BCUT2D eigenvalue weighted by Crippen LogP contribution is -2.35. The van der Waals surface area contributed by atoms with Gasteiger partial charge in [0, 0.05) is 6.61 Å². The van der Waals surface area contributed by atoms with Gasteiger partial charge in [0.2, 0.25) is 0 Å². The third-order valence-corrected chi connectivity index (χ3v) is 3.16. The van der Waals surface area contributed by atoms with Gasteiger partial charge in [-0.2, -0.15) is 0 Å². The molecule has 0 saturated carbocycles. The Morgan fingerprint density at radius 1 is 1.32 bits per heavy atom. The van der Waals surface area contributed by atoms with E-state index in [4.69, 9.17) is 14.6 Å². The smallest absolute Gasteiger partial charge is 0.159 e. The number of hydrogen-bond donors (Lipinski definition) is 2. The van der Waals surface area contributed by atoms with Crippen molar-refractivity contribution in [3.63, 3.8) is 0 Å². The average molecular weight is 263 g/mol. The molecule has 2 N–H and O–H groups in total. The van der Waals surface area contributed by atoms with Gasteiger partial charge in [0.25, 0.3) is 0 Å². The first-order chi connectivity index (χ1) is 9.42. The van der Waals surface area contributed by atoms with E-state index in [2.05, 4.69) is 23.5 Å². The van der Waals surface area contributed by atoms with Crippen LogP contribution in [0.15, 0.2) is 48.3 Å². The molecule has 104 valence electrons. The third kappa shape index (κ3) is 4.26. The number of rotatable bonds is 7. The highest BCUT2D eigenvalue weighted by molar-refractivity contribution is 5.29. The number of allylic oxidation sites excluding steroid dienone is 3. The molecule has 0 fully saturated rings. The molecule has 1 aliphatic heterocycles. The molecule has 0 radical (unpaired) electrons. The molecule has 1 atom stereocenters. The van der Waals surface area contributed by atoms with Gasteiger partial charge in [-0.05, 0) is 37.8 Å². The van der Waals surface area contributed by atoms with Gasteiger partial charge in [-0.25, -0.2) is 0 Å². The summed E-state index contributed by atoms with van der Waals surface area (Å²) in [5.41, 5.74) is 1.30. The normalized spacial score (nSPS) is 19.2. The first-order valence-corrected chi connectivity index (χ1v) is 6.79. The Kier molecular flexibility index (Phi) is 5.72. The van der Waals surface area contributed by atoms with Gasteiger partial charge in [-0.15, -0.1) is 0 Å². The average Bonchev–Trinajstić information content (AvgIpc) is 2.49. The third-order valence-electron chi connectivity index (χ3n) is 3.16. The van der Waals surface area contributed by atoms with Crippen molar-refractivity contribution in [2.45, 2.75) is 31.7 Å². The Balaban J connectivity index is 1.98. The largest absolute Gasteiger partial charge is 0.466 e. The number of hydrogen-bond acceptors (Lipinski definition) is 4. The fraction of sp³-hybridized carbons (Fsp3) is 0.467. The minimum atomic E-state index is 0.0496. The van der Waals surface area contributed by atoms with E-state index in [9.17, 15) is 0 Å². The Morgan fingerprint density at radius 2 is 2.26 bits per heavy atom. The summed E-state index contributed by atoms with van der Waals surface area (Å²) in [4.78, 5) is 0. The van der Waals surface area contributed by atoms with Crippen molar-refractivity contribution in [3.8, 4) is 0 Å². The molecule has 0 aromatic rings. The number of aliphatic hydroxyl groups is 1. The summed E-state index contributed by atoms with van der Waals surface area (Å²) in [6, 6.07) is 0.0496. The zero-order valence-corrected chi connectivity index (χ0v) is 11.0. The van der Waals surface area contributed by atoms with Gasteiger partial charge in [-0.1, -0.05) is 18.2 Å². The van der Waals surface area contributed by atoms with Crippen LogP contribution in [-0.2, 0) is 9.47 Å².